The number of nitrogens with one attached hydrogen (secondary N) is 1. The molecule has 1 atom stereocenters. The summed E-state index contributed by atoms with van der Waals surface area (Å²) in [6, 6.07) is 15.3. The first-order chi connectivity index (χ1) is 15.1. The van der Waals surface area contributed by atoms with Gasteiger partial charge in [0.25, 0.3) is 0 Å². The first-order valence-electron chi connectivity index (χ1n) is 10.6. The summed E-state index contributed by atoms with van der Waals surface area (Å²) in [7, 11) is 2.14. The minimum Gasteiger partial charge on any atom is -0.345 e. The van der Waals surface area contributed by atoms with Crippen LogP contribution in [0.1, 0.15) is 6.42 Å². The number of carbonyl (C=O) groups excluding carboxylic acids is 2. The highest BCUT2D eigenvalue weighted by Crippen LogP contribution is 2.32. The predicted molar refractivity (Wildman–Crippen MR) is 125 cm³/mol. The molecule has 0 spiro atoms. The van der Waals surface area contributed by atoms with Gasteiger partial charge in [-0.15, -0.1) is 0 Å². The van der Waals surface area contributed by atoms with E-state index in [1.54, 1.807) is 16.2 Å². The quantitative estimate of drug-likeness (QED) is 0.682. The lowest BCUT2D eigenvalue weighted by Gasteiger charge is -2.31. The van der Waals surface area contributed by atoms with Crippen LogP contribution in [-0.2, 0) is 9.59 Å². The normalized spacial score (nSPS) is 19.9. The van der Waals surface area contributed by atoms with Crippen molar-refractivity contribution in [2.45, 2.75) is 6.42 Å². The lowest BCUT2D eigenvalue weighted by Crippen LogP contribution is -2.44. The van der Waals surface area contributed by atoms with Gasteiger partial charge in [-0.25, -0.2) is 4.98 Å². The zero-order valence-corrected chi connectivity index (χ0v) is 18.3. The number of rotatable bonds is 4. The summed E-state index contributed by atoms with van der Waals surface area (Å²) < 4.78 is 1.06. The molecule has 2 saturated heterocycles. The molecule has 0 aliphatic carbocycles. The van der Waals surface area contributed by atoms with Crippen LogP contribution < -0.4 is 15.1 Å². The molecule has 2 aliphatic rings. The van der Waals surface area contributed by atoms with Crippen LogP contribution in [0, 0.1) is 5.92 Å². The third-order valence-electron chi connectivity index (χ3n) is 5.98. The molecule has 31 heavy (non-hydrogen) atoms. The zero-order valence-electron chi connectivity index (χ0n) is 17.5. The molecule has 3 heterocycles. The van der Waals surface area contributed by atoms with Crippen LogP contribution in [0.15, 0.2) is 48.5 Å². The number of anilines is 3. The lowest BCUT2D eigenvalue weighted by atomic mass is 10.1. The van der Waals surface area contributed by atoms with Crippen molar-refractivity contribution < 1.29 is 9.59 Å². The van der Waals surface area contributed by atoms with Gasteiger partial charge in [-0.05, 0) is 37.4 Å². The van der Waals surface area contributed by atoms with E-state index < -0.39 is 0 Å². The predicted octanol–water partition coefficient (Wildman–Crippen LogP) is 3.04. The van der Waals surface area contributed by atoms with Gasteiger partial charge in [0.05, 0.1) is 16.1 Å². The van der Waals surface area contributed by atoms with Crippen LogP contribution >= 0.6 is 11.3 Å². The highest BCUT2D eigenvalue weighted by molar-refractivity contribution is 7.22. The SMILES string of the molecule is CN1CCN(c2nc3ccc(NC(=O)[C@@H]4CC(=O)N(c5ccccc5)C4)cc3s2)CC1. The highest BCUT2D eigenvalue weighted by Gasteiger charge is 2.35. The average Bonchev–Trinajstić information content (AvgIpc) is 3.38. The number of hydrogen-bond donors (Lipinski definition) is 1. The summed E-state index contributed by atoms with van der Waals surface area (Å²) in [6.07, 6.45) is 0.233. The van der Waals surface area contributed by atoms with Gasteiger partial charge in [-0.1, -0.05) is 29.5 Å². The fourth-order valence-corrected chi connectivity index (χ4v) is 5.16. The van der Waals surface area contributed by atoms with Gasteiger partial charge in [-0.2, -0.15) is 0 Å². The van der Waals surface area contributed by atoms with Crippen molar-refractivity contribution in [3.8, 4) is 0 Å². The molecule has 8 heteroatoms. The summed E-state index contributed by atoms with van der Waals surface area (Å²) in [4.78, 5) is 36.4. The molecule has 0 bridgehead atoms. The maximum atomic E-state index is 12.8. The van der Waals surface area contributed by atoms with E-state index in [2.05, 4.69) is 22.2 Å². The van der Waals surface area contributed by atoms with Crippen LogP contribution in [0.3, 0.4) is 0 Å². The topological polar surface area (TPSA) is 68.8 Å². The monoisotopic (exact) mass is 435 g/mol. The van der Waals surface area contributed by atoms with Crippen LogP contribution in [0.2, 0.25) is 0 Å². The molecule has 3 aromatic rings. The van der Waals surface area contributed by atoms with Crippen molar-refractivity contribution in [3.05, 3.63) is 48.5 Å². The van der Waals surface area contributed by atoms with Gasteiger partial charge in [0.2, 0.25) is 11.8 Å². The smallest absolute Gasteiger partial charge is 0.229 e. The number of aromatic nitrogens is 1. The maximum absolute atomic E-state index is 12.8. The van der Waals surface area contributed by atoms with E-state index in [9.17, 15) is 9.59 Å². The number of hydrogen-bond acceptors (Lipinski definition) is 6. The lowest BCUT2D eigenvalue weighted by molar-refractivity contribution is -0.122. The number of likely N-dealkylation sites (N-methyl/N-ethyl adjacent to an activating group) is 1. The first-order valence-corrected chi connectivity index (χ1v) is 11.4. The van der Waals surface area contributed by atoms with E-state index in [0.717, 1.165) is 52.9 Å². The summed E-state index contributed by atoms with van der Waals surface area (Å²) in [5.41, 5.74) is 2.53. The molecule has 160 valence electrons. The van der Waals surface area contributed by atoms with Crippen LogP contribution in [0.5, 0.6) is 0 Å². The number of fused-ring (bicyclic) bond motifs is 1. The van der Waals surface area contributed by atoms with Gasteiger partial charge in [-0.3, -0.25) is 9.59 Å². The number of carbonyl (C=O) groups is 2. The van der Waals surface area contributed by atoms with Crippen molar-refractivity contribution >= 4 is 49.9 Å². The standard InChI is InChI=1S/C23H25N5O2S/c1-26-9-11-27(12-10-26)23-25-19-8-7-17(14-20(19)31-23)24-22(30)16-13-21(29)28(15-16)18-5-3-2-4-6-18/h2-8,14,16H,9-13,15H2,1H3,(H,24,30)/t16-/m1/s1. The molecule has 0 saturated carbocycles. The van der Waals surface area contributed by atoms with Crippen molar-refractivity contribution in [1.29, 1.82) is 0 Å². The molecular formula is C23H25N5O2S. The summed E-state index contributed by atoms with van der Waals surface area (Å²) in [5.74, 6) is -0.484. The highest BCUT2D eigenvalue weighted by atomic mass is 32.1. The Kier molecular flexibility index (Phi) is 5.33. The molecule has 2 aromatic carbocycles. The largest absolute Gasteiger partial charge is 0.345 e. The number of thiazole rings is 1. The van der Waals surface area contributed by atoms with Gasteiger partial charge < -0.3 is 20.0 Å². The fourth-order valence-electron chi connectivity index (χ4n) is 4.11. The Morgan fingerprint density at radius 1 is 1.10 bits per heavy atom. The number of amides is 2. The molecule has 1 N–H and O–H groups in total. The van der Waals surface area contributed by atoms with E-state index in [1.165, 1.54) is 0 Å². The molecule has 1 aromatic heterocycles. The molecule has 2 fully saturated rings. The Morgan fingerprint density at radius 3 is 2.65 bits per heavy atom. The van der Waals surface area contributed by atoms with Crippen molar-refractivity contribution in [3.63, 3.8) is 0 Å². The van der Waals surface area contributed by atoms with Gasteiger partial charge >= 0.3 is 0 Å². The van der Waals surface area contributed by atoms with Crippen molar-refractivity contribution in [2.24, 2.45) is 5.92 Å². The first kappa shape index (κ1) is 20.0. The second-order valence-electron chi connectivity index (χ2n) is 8.20. The third-order valence-corrected chi connectivity index (χ3v) is 7.06. The van der Waals surface area contributed by atoms with Crippen molar-refractivity contribution in [2.75, 3.05) is 54.9 Å². The van der Waals surface area contributed by atoms with Crippen LogP contribution in [0.25, 0.3) is 10.2 Å². The van der Waals surface area contributed by atoms with E-state index in [0.29, 0.717) is 6.54 Å². The number of benzene rings is 2. The third kappa shape index (κ3) is 4.13. The van der Waals surface area contributed by atoms with Crippen molar-refractivity contribution in [1.82, 2.24) is 9.88 Å². The average molecular weight is 436 g/mol. The Hall–Kier alpha value is -2.97. The Morgan fingerprint density at radius 2 is 1.87 bits per heavy atom. The number of nitrogens with zero attached hydrogens (tertiary/aromatic N) is 4. The van der Waals surface area contributed by atoms with Crippen LogP contribution in [0.4, 0.5) is 16.5 Å². The maximum Gasteiger partial charge on any atom is 0.229 e. The Labute approximate surface area is 185 Å². The summed E-state index contributed by atoms with van der Waals surface area (Å²) in [5, 5.41) is 4.04. The molecule has 0 unspecified atom stereocenters. The number of piperazine rings is 1. The van der Waals surface area contributed by atoms with Gasteiger partial charge in [0.1, 0.15) is 0 Å². The summed E-state index contributed by atoms with van der Waals surface area (Å²) in [6.45, 7) is 4.45. The van der Waals surface area contributed by atoms with Crippen LogP contribution in [-0.4, -0.2) is 61.5 Å². The second-order valence-corrected chi connectivity index (χ2v) is 9.21. The molecule has 5 rings (SSSR count). The molecule has 2 aliphatic heterocycles. The molecule has 7 nitrogen and oxygen atoms in total. The fraction of sp³-hybridized carbons (Fsp3) is 0.348. The molecule has 2 amide bonds. The second kappa shape index (κ2) is 8.28. The Balaban J connectivity index is 1.27. The molecule has 0 radical (unpaired) electrons. The Bertz CT molecular complexity index is 1110. The van der Waals surface area contributed by atoms with E-state index in [1.807, 2.05) is 48.5 Å². The number of para-hydroxylation sites is 1. The minimum absolute atomic E-state index is 0.0129. The summed E-state index contributed by atoms with van der Waals surface area (Å²) >= 11 is 1.66. The molecular weight excluding hydrogens is 410 g/mol. The minimum atomic E-state index is -0.356. The van der Waals surface area contributed by atoms with Gasteiger partial charge in [0.15, 0.2) is 5.13 Å². The van der Waals surface area contributed by atoms with E-state index >= 15 is 0 Å². The van der Waals surface area contributed by atoms with E-state index in [-0.39, 0.29) is 24.2 Å². The van der Waals surface area contributed by atoms with Gasteiger partial charge in [0, 0.05) is 50.5 Å². The zero-order chi connectivity index (χ0) is 21.4. The van der Waals surface area contributed by atoms with E-state index in [4.69, 9.17) is 4.98 Å².